The number of rotatable bonds is 1. The second kappa shape index (κ2) is 3.62. The fourth-order valence-corrected chi connectivity index (χ4v) is 2.65. The van der Waals surface area contributed by atoms with Crippen molar-refractivity contribution in [2.45, 2.75) is 30.4 Å². The van der Waals surface area contributed by atoms with Crippen LogP contribution in [0.3, 0.4) is 0 Å². The number of nitrogens with one attached hydrogen (secondary N) is 1. The van der Waals surface area contributed by atoms with Gasteiger partial charge in [0, 0.05) is 22.4 Å². The molecule has 0 aliphatic carbocycles. The van der Waals surface area contributed by atoms with Gasteiger partial charge in [-0.05, 0) is 31.0 Å². The van der Waals surface area contributed by atoms with E-state index in [-0.39, 0.29) is 0 Å². The van der Waals surface area contributed by atoms with E-state index < -0.39 is 0 Å². The van der Waals surface area contributed by atoms with Gasteiger partial charge in [0.25, 0.3) is 0 Å². The maximum Gasteiger partial charge on any atom is 0.0481 e. The lowest BCUT2D eigenvalue weighted by molar-refractivity contribution is 0.842. The molecule has 1 aromatic carbocycles. The summed E-state index contributed by atoms with van der Waals surface area (Å²) in [6.07, 6.45) is 1.24. The summed E-state index contributed by atoms with van der Waals surface area (Å²) in [5, 5.41) is 4.23. The molecule has 1 unspecified atom stereocenters. The number of thioether (sulfide) groups is 1. The zero-order valence-corrected chi connectivity index (χ0v) is 8.95. The second-order valence-electron chi connectivity index (χ2n) is 3.53. The highest BCUT2D eigenvalue weighted by Gasteiger charge is 2.16. The molecule has 70 valence electrons. The molecule has 0 bridgehead atoms. The third-order valence-electron chi connectivity index (χ3n) is 2.40. The van der Waals surface area contributed by atoms with Crippen LogP contribution in [0.2, 0.25) is 0 Å². The lowest BCUT2D eigenvalue weighted by Crippen LogP contribution is -2.20. The smallest absolute Gasteiger partial charge is 0.0481 e. The minimum Gasteiger partial charge on any atom is -0.383 e. The molecule has 1 N–H and O–H groups in total. The predicted octanol–water partition coefficient (Wildman–Crippen LogP) is 3.29. The fourth-order valence-electron chi connectivity index (χ4n) is 1.56. The van der Waals surface area contributed by atoms with E-state index in [1.165, 1.54) is 22.6 Å². The Kier molecular flexibility index (Phi) is 2.49. The van der Waals surface area contributed by atoms with E-state index >= 15 is 0 Å². The molecule has 0 amide bonds. The third kappa shape index (κ3) is 1.83. The van der Waals surface area contributed by atoms with Crippen molar-refractivity contribution in [3.05, 3.63) is 23.8 Å². The Bertz CT molecular complexity index is 309. The van der Waals surface area contributed by atoms with E-state index in [4.69, 9.17) is 0 Å². The number of benzene rings is 1. The van der Waals surface area contributed by atoms with Crippen LogP contribution in [0.4, 0.5) is 5.69 Å². The molecule has 1 aliphatic heterocycles. The first kappa shape index (κ1) is 8.95. The quantitative estimate of drug-likeness (QED) is 0.734. The number of hydrogen-bond donors (Lipinski definition) is 1. The van der Waals surface area contributed by atoms with Gasteiger partial charge in [-0.1, -0.05) is 13.0 Å². The molecule has 13 heavy (non-hydrogen) atoms. The molecule has 1 aromatic rings. The summed E-state index contributed by atoms with van der Waals surface area (Å²) in [5.74, 6) is 0. The summed E-state index contributed by atoms with van der Waals surface area (Å²) < 4.78 is 0. The maximum absolute atomic E-state index is 3.48. The molecule has 2 heteroatoms. The van der Waals surface area contributed by atoms with Gasteiger partial charge in [0.1, 0.15) is 0 Å². The van der Waals surface area contributed by atoms with E-state index in [1.807, 2.05) is 11.8 Å². The van der Waals surface area contributed by atoms with Gasteiger partial charge in [-0.2, -0.15) is 0 Å². The molecule has 0 aromatic heterocycles. The van der Waals surface area contributed by atoms with Gasteiger partial charge in [0.05, 0.1) is 0 Å². The summed E-state index contributed by atoms with van der Waals surface area (Å²) >= 11 is 2.00. The zero-order chi connectivity index (χ0) is 9.26. The van der Waals surface area contributed by atoms with E-state index in [1.54, 1.807) is 0 Å². The van der Waals surface area contributed by atoms with Crippen molar-refractivity contribution in [3.63, 3.8) is 0 Å². The summed E-state index contributed by atoms with van der Waals surface area (Å²) in [7, 11) is 0. The van der Waals surface area contributed by atoms with Crippen LogP contribution in [0.5, 0.6) is 0 Å². The topological polar surface area (TPSA) is 12.0 Å². The monoisotopic (exact) mass is 193 g/mol. The molecular weight excluding hydrogens is 178 g/mol. The summed E-state index contributed by atoms with van der Waals surface area (Å²) in [6.45, 7) is 5.49. The fraction of sp³-hybridized carbons (Fsp3) is 0.455. The van der Waals surface area contributed by atoms with Crippen molar-refractivity contribution in [1.29, 1.82) is 0 Å². The second-order valence-corrected chi connectivity index (χ2v) is 4.87. The number of hydrogen-bond acceptors (Lipinski definition) is 2. The van der Waals surface area contributed by atoms with Gasteiger partial charge in [0.15, 0.2) is 0 Å². The molecule has 0 radical (unpaired) electrons. The molecule has 0 spiro atoms. The Morgan fingerprint density at radius 2 is 2.38 bits per heavy atom. The van der Waals surface area contributed by atoms with Crippen molar-refractivity contribution in [3.8, 4) is 0 Å². The Labute approximate surface area is 83.9 Å². The van der Waals surface area contributed by atoms with Crippen LogP contribution in [0, 0.1) is 6.92 Å². The summed E-state index contributed by atoms with van der Waals surface area (Å²) in [6, 6.07) is 6.64. The van der Waals surface area contributed by atoms with Crippen molar-refractivity contribution >= 4 is 17.4 Å². The van der Waals surface area contributed by atoms with Gasteiger partial charge in [-0.3, -0.25) is 0 Å². The number of aryl methyl sites for hydroxylation is 1. The van der Waals surface area contributed by atoms with Gasteiger partial charge in [-0.15, -0.1) is 11.8 Å². The van der Waals surface area contributed by atoms with Gasteiger partial charge < -0.3 is 5.32 Å². The minimum absolute atomic E-state index is 0.746. The standard InChI is InChI=1S/C11H15NS/c1-3-9-7-12-10-6-8(2)4-5-11(10)13-9/h4-6,9,12H,3,7H2,1-2H3. The first-order valence-electron chi connectivity index (χ1n) is 4.81. The molecule has 0 saturated heterocycles. The highest BCUT2D eigenvalue weighted by atomic mass is 32.2. The van der Waals surface area contributed by atoms with Gasteiger partial charge in [0.2, 0.25) is 0 Å². The van der Waals surface area contributed by atoms with Crippen LogP contribution < -0.4 is 5.32 Å². The van der Waals surface area contributed by atoms with E-state index in [9.17, 15) is 0 Å². The normalized spacial score (nSPS) is 20.6. The van der Waals surface area contributed by atoms with Crippen molar-refractivity contribution in [2.75, 3.05) is 11.9 Å². The van der Waals surface area contributed by atoms with Crippen LogP contribution in [0.15, 0.2) is 23.1 Å². The molecule has 1 heterocycles. The van der Waals surface area contributed by atoms with E-state index in [0.29, 0.717) is 0 Å². The zero-order valence-electron chi connectivity index (χ0n) is 8.13. The van der Waals surface area contributed by atoms with E-state index in [2.05, 4.69) is 37.4 Å². The highest BCUT2D eigenvalue weighted by molar-refractivity contribution is 8.00. The molecule has 1 atom stereocenters. The molecule has 0 saturated carbocycles. The Balaban J connectivity index is 2.26. The first-order valence-corrected chi connectivity index (χ1v) is 5.68. The third-order valence-corrected chi connectivity index (χ3v) is 3.85. The lowest BCUT2D eigenvalue weighted by atomic mass is 10.2. The van der Waals surface area contributed by atoms with Gasteiger partial charge >= 0.3 is 0 Å². The minimum atomic E-state index is 0.746. The predicted molar refractivity (Wildman–Crippen MR) is 59.6 cm³/mol. The lowest BCUT2D eigenvalue weighted by Gasteiger charge is -2.24. The average Bonchev–Trinajstić information content (AvgIpc) is 2.17. The summed E-state index contributed by atoms with van der Waals surface area (Å²) in [4.78, 5) is 1.41. The van der Waals surface area contributed by atoms with Crippen LogP contribution >= 0.6 is 11.8 Å². The average molecular weight is 193 g/mol. The SMILES string of the molecule is CCC1CNc2cc(C)ccc2S1. The van der Waals surface area contributed by atoms with Crippen LogP contribution in [0.25, 0.3) is 0 Å². The van der Waals surface area contributed by atoms with Gasteiger partial charge in [-0.25, -0.2) is 0 Å². The molecule has 1 aliphatic rings. The molecule has 2 rings (SSSR count). The Morgan fingerprint density at radius 1 is 1.54 bits per heavy atom. The Morgan fingerprint density at radius 3 is 3.15 bits per heavy atom. The van der Waals surface area contributed by atoms with Crippen LogP contribution in [-0.2, 0) is 0 Å². The van der Waals surface area contributed by atoms with Crippen molar-refractivity contribution < 1.29 is 0 Å². The number of anilines is 1. The largest absolute Gasteiger partial charge is 0.383 e. The van der Waals surface area contributed by atoms with Crippen molar-refractivity contribution in [1.82, 2.24) is 0 Å². The van der Waals surface area contributed by atoms with Crippen LogP contribution in [-0.4, -0.2) is 11.8 Å². The molecule has 0 fully saturated rings. The Hall–Kier alpha value is -0.630. The maximum atomic E-state index is 3.48. The molecule has 1 nitrogen and oxygen atoms in total. The number of fused-ring (bicyclic) bond motifs is 1. The van der Waals surface area contributed by atoms with Crippen LogP contribution in [0.1, 0.15) is 18.9 Å². The highest BCUT2D eigenvalue weighted by Crippen LogP contribution is 2.36. The summed E-state index contributed by atoms with van der Waals surface area (Å²) in [5.41, 5.74) is 2.65. The van der Waals surface area contributed by atoms with Crippen molar-refractivity contribution in [2.24, 2.45) is 0 Å². The first-order chi connectivity index (χ1) is 6.29. The molecular formula is C11H15NS. The van der Waals surface area contributed by atoms with E-state index in [0.717, 1.165) is 11.8 Å².